The average molecular weight is 324 g/mol. The van der Waals surface area contributed by atoms with E-state index in [1.165, 1.54) is 17.3 Å². The fourth-order valence-corrected chi connectivity index (χ4v) is 2.86. The van der Waals surface area contributed by atoms with Crippen molar-refractivity contribution in [3.05, 3.63) is 65.0 Å². The lowest BCUT2D eigenvalue weighted by Gasteiger charge is -2.27. The summed E-state index contributed by atoms with van der Waals surface area (Å²) in [7, 11) is 1.54. The number of pyridine rings is 1. The van der Waals surface area contributed by atoms with Crippen LogP contribution >= 0.6 is 0 Å². The van der Waals surface area contributed by atoms with Gasteiger partial charge in [0.2, 0.25) is 0 Å². The SMILES string of the molecule is CNC(=O)c1ccc(C(=O)NCC2NCCc3ccccc32)cn1. The van der Waals surface area contributed by atoms with Gasteiger partial charge < -0.3 is 16.0 Å². The predicted octanol–water partition coefficient (Wildman–Crippen LogP) is 1.06. The van der Waals surface area contributed by atoms with Gasteiger partial charge in [-0.25, -0.2) is 0 Å². The first-order valence-electron chi connectivity index (χ1n) is 7.96. The molecule has 1 unspecified atom stereocenters. The van der Waals surface area contributed by atoms with Crippen LogP contribution < -0.4 is 16.0 Å². The number of nitrogens with one attached hydrogen (secondary N) is 3. The third kappa shape index (κ3) is 3.44. The molecule has 0 saturated carbocycles. The number of benzene rings is 1. The zero-order chi connectivity index (χ0) is 16.9. The molecule has 0 saturated heterocycles. The molecule has 1 aromatic heterocycles. The van der Waals surface area contributed by atoms with Crippen LogP contribution in [0, 0.1) is 0 Å². The fourth-order valence-electron chi connectivity index (χ4n) is 2.86. The molecule has 6 heteroatoms. The lowest BCUT2D eigenvalue weighted by atomic mass is 9.94. The summed E-state index contributed by atoms with van der Waals surface area (Å²) in [6.45, 7) is 1.41. The van der Waals surface area contributed by atoms with Crippen LogP contribution in [0.4, 0.5) is 0 Å². The van der Waals surface area contributed by atoms with Crippen molar-refractivity contribution in [2.24, 2.45) is 0 Å². The van der Waals surface area contributed by atoms with Crippen LogP contribution in [0.2, 0.25) is 0 Å². The molecule has 1 aliphatic heterocycles. The predicted molar refractivity (Wildman–Crippen MR) is 90.9 cm³/mol. The standard InChI is InChI=1S/C18H20N4O2/c1-19-18(24)15-7-6-13(10-21-15)17(23)22-11-16-14-5-3-2-4-12(14)8-9-20-16/h2-7,10,16,20H,8-9,11H2,1H3,(H,19,24)(H,22,23). The molecule has 1 aliphatic rings. The number of nitrogens with zero attached hydrogens (tertiary/aromatic N) is 1. The number of rotatable bonds is 4. The van der Waals surface area contributed by atoms with E-state index >= 15 is 0 Å². The Morgan fingerprint density at radius 3 is 2.79 bits per heavy atom. The lowest BCUT2D eigenvalue weighted by Crippen LogP contribution is -2.38. The zero-order valence-corrected chi connectivity index (χ0v) is 13.5. The first-order valence-corrected chi connectivity index (χ1v) is 7.96. The number of hydrogen-bond acceptors (Lipinski definition) is 4. The largest absolute Gasteiger partial charge is 0.354 e. The summed E-state index contributed by atoms with van der Waals surface area (Å²) >= 11 is 0. The molecule has 2 aromatic rings. The second-order valence-electron chi connectivity index (χ2n) is 5.68. The van der Waals surface area contributed by atoms with Crippen LogP contribution in [0.1, 0.15) is 38.0 Å². The molecule has 2 amide bonds. The van der Waals surface area contributed by atoms with Gasteiger partial charge >= 0.3 is 0 Å². The maximum Gasteiger partial charge on any atom is 0.269 e. The summed E-state index contributed by atoms with van der Waals surface area (Å²) in [5.41, 5.74) is 3.29. The summed E-state index contributed by atoms with van der Waals surface area (Å²) in [5, 5.41) is 8.86. The third-order valence-corrected chi connectivity index (χ3v) is 4.17. The molecule has 0 fully saturated rings. The van der Waals surface area contributed by atoms with Crippen molar-refractivity contribution < 1.29 is 9.59 Å². The van der Waals surface area contributed by atoms with E-state index in [1.807, 2.05) is 12.1 Å². The topological polar surface area (TPSA) is 83.1 Å². The van der Waals surface area contributed by atoms with Crippen molar-refractivity contribution in [3.63, 3.8) is 0 Å². The first-order chi connectivity index (χ1) is 11.7. The lowest BCUT2D eigenvalue weighted by molar-refractivity contribution is 0.0939. The second-order valence-corrected chi connectivity index (χ2v) is 5.68. The molecule has 3 rings (SSSR count). The summed E-state index contributed by atoms with van der Waals surface area (Å²) in [6.07, 6.45) is 2.42. The molecule has 124 valence electrons. The van der Waals surface area contributed by atoms with E-state index in [1.54, 1.807) is 19.2 Å². The normalized spacial score (nSPS) is 16.1. The highest BCUT2D eigenvalue weighted by molar-refractivity contribution is 5.96. The minimum atomic E-state index is -0.273. The Morgan fingerprint density at radius 2 is 2.04 bits per heavy atom. The minimum absolute atomic E-state index is 0.108. The molecule has 0 spiro atoms. The summed E-state index contributed by atoms with van der Waals surface area (Å²) in [5.74, 6) is -0.471. The number of aromatic nitrogens is 1. The van der Waals surface area contributed by atoms with Crippen molar-refractivity contribution in [3.8, 4) is 0 Å². The van der Waals surface area contributed by atoms with Gasteiger partial charge in [0.15, 0.2) is 0 Å². The number of hydrogen-bond donors (Lipinski definition) is 3. The van der Waals surface area contributed by atoms with Gasteiger partial charge in [0, 0.05) is 25.8 Å². The molecule has 0 bridgehead atoms. The van der Waals surface area contributed by atoms with Gasteiger partial charge in [-0.2, -0.15) is 0 Å². The number of fused-ring (bicyclic) bond motifs is 1. The van der Waals surface area contributed by atoms with E-state index in [0.29, 0.717) is 12.1 Å². The van der Waals surface area contributed by atoms with Crippen molar-refractivity contribution >= 4 is 11.8 Å². The highest BCUT2D eigenvalue weighted by Crippen LogP contribution is 2.21. The summed E-state index contributed by atoms with van der Waals surface area (Å²) in [6, 6.07) is 11.5. The Balaban J connectivity index is 1.63. The van der Waals surface area contributed by atoms with E-state index in [9.17, 15) is 9.59 Å². The van der Waals surface area contributed by atoms with E-state index in [4.69, 9.17) is 0 Å². The zero-order valence-electron chi connectivity index (χ0n) is 13.5. The molecule has 24 heavy (non-hydrogen) atoms. The summed E-state index contributed by atoms with van der Waals surface area (Å²) < 4.78 is 0. The Hall–Kier alpha value is -2.73. The van der Waals surface area contributed by atoms with Crippen molar-refractivity contribution in [2.45, 2.75) is 12.5 Å². The van der Waals surface area contributed by atoms with Crippen LogP contribution in [0.3, 0.4) is 0 Å². The quantitative estimate of drug-likeness (QED) is 0.785. The minimum Gasteiger partial charge on any atom is -0.354 e. The van der Waals surface area contributed by atoms with Gasteiger partial charge in [0.1, 0.15) is 5.69 Å². The number of carbonyl (C=O) groups excluding carboxylic acids is 2. The molecule has 3 N–H and O–H groups in total. The van der Waals surface area contributed by atoms with Crippen molar-refractivity contribution in [1.82, 2.24) is 20.9 Å². The monoisotopic (exact) mass is 324 g/mol. The number of amides is 2. The van der Waals surface area contributed by atoms with Gasteiger partial charge in [-0.05, 0) is 36.2 Å². The Bertz CT molecular complexity index is 743. The fraction of sp³-hybridized carbons (Fsp3) is 0.278. The van der Waals surface area contributed by atoms with E-state index in [0.717, 1.165) is 13.0 Å². The van der Waals surface area contributed by atoms with Crippen molar-refractivity contribution in [1.29, 1.82) is 0 Å². The van der Waals surface area contributed by atoms with Crippen LogP contribution in [0.5, 0.6) is 0 Å². The van der Waals surface area contributed by atoms with Gasteiger partial charge in [-0.3, -0.25) is 14.6 Å². The van der Waals surface area contributed by atoms with Crippen LogP contribution in [0.25, 0.3) is 0 Å². The molecule has 1 atom stereocenters. The average Bonchev–Trinajstić information content (AvgIpc) is 2.65. The third-order valence-electron chi connectivity index (χ3n) is 4.17. The van der Waals surface area contributed by atoms with Gasteiger partial charge in [0.25, 0.3) is 11.8 Å². The van der Waals surface area contributed by atoms with Crippen LogP contribution in [0.15, 0.2) is 42.6 Å². The van der Waals surface area contributed by atoms with E-state index in [2.05, 4.69) is 33.1 Å². The molecular weight excluding hydrogens is 304 g/mol. The highest BCUT2D eigenvalue weighted by Gasteiger charge is 2.20. The smallest absolute Gasteiger partial charge is 0.269 e. The van der Waals surface area contributed by atoms with Gasteiger partial charge in [-0.1, -0.05) is 24.3 Å². The maximum atomic E-state index is 12.3. The Morgan fingerprint density at radius 1 is 1.21 bits per heavy atom. The molecule has 1 aromatic carbocycles. The van der Waals surface area contributed by atoms with E-state index < -0.39 is 0 Å². The van der Waals surface area contributed by atoms with Gasteiger partial charge in [-0.15, -0.1) is 0 Å². The Labute approximate surface area is 140 Å². The first kappa shape index (κ1) is 16.1. The molecule has 2 heterocycles. The second kappa shape index (κ2) is 7.23. The molecular formula is C18H20N4O2. The molecule has 0 radical (unpaired) electrons. The van der Waals surface area contributed by atoms with Gasteiger partial charge in [0.05, 0.1) is 5.56 Å². The maximum absolute atomic E-state index is 12.3. The van der Waals surface area contributed by atoms with Crippen LogP contribution in [-0.2, 0) is 6.42 Å². The molecule has 0 aliphatic carbocycles. The molecule has 6 nitrogen and oxygen atoms in total. The summed E-state index contributed by atoms with van der Waals surface area (Å²) in [4.78, 5) is 27.7. The van der Waals surface area contributed by atoms with E-state index in [-0.39, 0.29) is 23.6 Å². The van der Waals surface area contributed by atoms with Crippen molar-refractivity contribution in [2.75, 3.05) is 20.1 Å². The Kier molecular flexibility index (Phi) is 4.86. The van der Waals surface area contributed by atoms with Crippen LogP contribution in [-0.4, -0.2) is 36.9 Å². The number of carbonyl (C=O) groups is 2. The highest BCUT2D eigenvalue weighted by atomic mass is 16.2.